The lowest BCUT2D eigenvalue weighted by atomic mass is 10.1. The number of methoxy groups -OCH3 is 2. The van der Waals surface area contributed by atoms with E-state index < -0.39 is 0 Å². The molecule has 1 N–H and O–H groups in total. The number of aliphatic hydroxyl groups is 1. The molecule has 20 heavy (non-hydrogen) atoms. The van der Waals surface area contributed by atoms with Crippen LogP contribution in [-0.4, -0.2) is 57.1 Å². The molecular formula is C16H23NO3. The topological polar surface area (TPSA) is 41.9 Å². The molecule has 0 amide bonds. The molecule has 0 aliphatic carbocycles. The average Bonchev–Trinajstić information content (AvgIpc) is 2.49. The average molecular weight is 277 g/mol. The molecular weight excluding hydrogens is 254 g/mol. The van der Waals surface area contributed by atoms with Gasteiger partial charge in [0.05, 0.1) is 13.2 Å². The van der Waals surface area contributed by atoms with Crippen LogP contribution in [0.2, 0.25) is 0 Å². The lowest BCUT2D eigenvalue weighted by Gasteiger charge is -2.22. The Labute approximate surface area is 121 Å². The largest absolute Gasteiger partial charge is 0.384 e. The second-order valence-corrected chi connectivity index (χ2v) is 4.38. The molecule has 0 radical (unpaired) electrons. The first-order chi connectivity index (χ1) is 9.81. The van der Waals surface area contributed by atoms with Crippen molar-refractivity contribution in [1.29, 1.82) is 0 Å². The smallest absolute Gasteiger partial charge is 0.104 e. The number of ether oxygens (including phenoxy) is 2. The first-order valence-corrected chi connectivity index (χ1v) is 6.69. The van der Waals surface area contributed by atoms with Gasteiger partial charge in [-0.2, -0.15) is 0 Å². The van der Waals surface area contributed by atoms with E-state index in [-0.39, 0.29) is 6.61 Å². The van der Waals surface area contributed by atoms with E-state index in [9.17, 15) is 0 Å². The second-order valence-electron chi connectivity index (χ2n) is 4.38. The summed E-state index contributed by atoms with van der Waals surface area (Å²) < 4.78 is 10.3. The molecule has 1 rings (SSSR count). The summed E-state index contributed by atoms with van der Waals surface area (Å²) in [5.74, 6) is 5.69. The van der Waals surface area contributed by atoms with E-state index in [0.29, 0.717) is 13.2 Å². The fraction of sp³-hybridized carbons (Fsp3) is 0.500. The predicted molar refractivity (Wildman–Crippen MR) is 79.4 cm³/mol. The van der Waals surface area contributed by atoms with Gasteiger partial charge in [-0.1, -0.05) is 30.0 Å². The number of benzene rings is 1. The third-order valence-electron chi connectivity index (χ3n) is 2.94. The van der Waals surface area contributed by atoms with E-state index in [0.717, 1.165) is 30.8 Å². The summed E-state index contributed by atoms with van der Waals surface area (Å²) in [5, 5.41) is 8.82. The molecule has 0 saturated carbocycles. The lowest BCUT2D eigenvalue weighted by Crippen LogP contribution is -2.30. The molecule has 1 aromatic carbocycles. The maximum atomic E-state index is 8.82. The number of hydrogen-bond acceptors (Lipinski definition) is 4. The summed E-state index contributed by atoms with van der Waals surface area (Å²) in [6, 6.07) is 8.00. The Hall–Kier alpha value is -1.38. The van der Waals surface area contributed by atoms with Crippen LogP contribution in [-0.2, 0) is 16.0 Å². The normalized spacial score (nSPS) is 10.4. The molecule has 4 nitrogen and oxygen atoms in total. The van der Waals surface area contributed by atoms with Crippen molar-refractivity contribution >= 4 is 0 Å². The lowest BCUT2D eigenvalue weighted by molar-refractivity contribution is 0.110. The van der Waals surface area contributed by atoms with Crippen LogP contribution in [0.3, 0.4) is 0 Å². The highest BCUT2D eigenvalue weighted by Gasteiger charge is 2.08. The summed E-state index contributed by atoms with van der Waals surface area (Å²) in [4.78, 5) is 2.27. The highest BCUT2D eigenvalue weighted by Crippen LogP contribution is 2.10. The minimum atomic E-state index is -0.120. The first kappa shape index (κ1) is 16.7. The maximum Gasteiger partial charge on any atom is 0.104 e. The fourth-order valence-corrected chi connectivity index (χ4v) is 1.87. The van der Waals surface area contributed by atoms with Crippen molar-refractivity contribution in [2.45, 2.75) is 6.54 Å². The van der Waals surface area contributed by atoms with Crippen LogP contribution in [0.25, 0.3) is 0 Å². The van der Waals surface area contributed by atoms with Gasteiger partial charge < -0.3 is 14.6 Å². The van der Waals surface area contributed by atoms with Crippen molar-refractivity contribution in [3.8, 4) is 11.8 Å². The van der Waals surface area contributed by atoms with Gasteiger partial charge in [0.2, 0.25) is 0 Å². The van der Waals surface area contributed by atoms with Gasteiger partial charge in [0.1, 0.15) is 6.61 Å². The predicted octanol–water partition coefficient (Wildman–Crippen LogP) is 1.13. The molecule has 0 spiro atoms. The van der Waals surface area contributed by atoms with Crippen molar-refractivity contribution in [2.24, 2.45) is 0 Å². The zero-order valence-corrected chi connectivity index (χ0v) is 12.3. The fourth-order valence-electron chi connectivity index (χ4n) is 1.87. The minimum absolute atomic E-state index is 0.120. The van der Waals surface area contributed by atoms with Crippen LogP contribution in [0.15, 0.2) is 24.3 Å². The Kier molecular flexibility index (Phi) is 8.68. The quantitative estimate of drug-likeness (QED) is 0.723. The number of hydrogen-bond donors (Lipinski definition) is 1. The molecule has 0 saturated heterocycles. The van der Waals surface area contributed by atoms with Crippen molar-refractivity contribution in [2.75, 3.05) is 47.1 Å². The summed E-state index contributed by atoms with van der Waals surface area (Å²) in [6.45, 7) is 3.75. The van der Waals surface area contributed by atoms with E-state index in [1.54, 1.807) is 14.2 Å². The molecule has 0 aromatic heterocycles. The molecule has 1 aromatic rings. The number of rotatable bonds is 8. The summed E-state index contributed by atoms with van der Waals surface area (Å²) in [7, 11) is 3.41. The van der Waals surface area contributed by atoms with Crippen molar-refractivity contribution in [3.63, 3.8) is 0 Å². The second kappa shape index (κ2) is 10.4. The van der Waals surface area contributed by atoms with Crippen molar-refractivity contribution in [3.05, 3.63) is 35.4 Å². The van der Waals surface area contributed by atoms with E-state index >= 15 is 0 Å². The van der Waals surface area contributed by atoms with Gasteiger partial charge in [0.15, 0.2) is 0 Å². The maximum absolute atomic E-state index is 8.82. The zero-order chi connectivity index (χ0) is 14.6. The first-order valence-electron chi connectivity index (χ1n) is 6.69. The molecule has 0 atom stereocenters. The van der Waals surface area contributed by atoms with E-state index in [1.807, 2.05) is 18.2 Å². The van der Waals surface area contributed by atoms with Crippen LogP contribution in [0.5, 0.6) is 0 Å². The molecule has 0 bridgehead atoms. The van der Waals surface area contributed by atoms with Crippen LogP contribution in [0.1, 0.15) is 11.1 Å². The van der Waals surface area contributed by atoms with Crippen LogP contribution in [0, 0.1) is 11.8 Å². The van der Waals surface area contributed by atoms with E-state index in [1.165, 1.54) is 0 Å². The zero-order valence-electron chi connectivity index (χ0n) is 12.3. The minimum Gasteiger partial charge on any atom is -0.384 e. The number of aliphatic hydroxyl groups excluding tert-OH is 1. The van der Waals surface area contributed by atoms with Gasteiger partial charge in [0, 0.05) is 39.4 Å². The van der Waals surface area contributed by atoms with Gasteiger partial charge in [-0.05, 0) is 11.6 Å². The Morgan fingerprint density at radius 2 is 1.75 bits per heavy atom. The van der Waals surface area contributed by atoms with Gasteiger partial charge in [-0.15, -0.1) is 0 Å². The van der Waals surface area contributed by atoms with E-state index in [2.05, 4.69) is 22.8 Å². The van der Waals surface area contributed by atoms with Crippen LogP contribution < -0.4 is 0 Å². The third-order valence-corrected chi connectivity index (χ3v) is 2.94. The van der Waals surface area contributed by atoms with E-state index in [4.69, 9.17) is 14.6 Å². The van der Waals surface area contributed by atoms with Crippen molar-refractivity contribution in [1.82, 2.24) is 4.90 Å². The molecule has 0 aliphatic rings. The molecule has 0 aliphatic heterocycles. The SMILES string of the molecule is COCCN(CCOC)Cc1ccccc1C#CCO. The summed E-state index contributed by atoms with van der Waals surface area (Å²) in [6.07, 6.45) is 0. The monoisotopic (exact) mass is 277 g/mol. The molecule has 110 valence electrons. The highest BCUT2D eigenvalue weighted by atomic mass is 16.5. The van der Waals surface area contributed by atoms with Gasteiger partial charge in [-0.25, -0.2) is 0 Å². The van der Waals surface area contributed by atoms with Crippen LogP contribution in [0.4, 0.5) is 0 Å². The van der Waals surface area contributed by atoms with Crippen molar-refractivity contribution < 1.29 is 14.6 Å². The Balaban J connectivity index is 2.75. The summed E-state index contributed by atoms with van der Waals surface area (Å²) >= 11 is 0. The van der Waals surface area contributed by atoms with Gasteiger partial charge in [0.25, 0.3) is 0 Å². The Morgan fingerprint density at radius 1 is 1.10 bits per heavy atom. The molecule has 4 heteroatoms. The number of nitrogens with zero attached hydrogens (tertiary/aromatic N) is 1. The molecule has 0 unspecified atom stereocenters. The summed E-state index contributed by atoms with van der Waals surface area (Å²) in [5.41, 5.74) is 2.11. The van der Waals surface area contributed by atoms with Crippen LogP contribution >= 0.6 is 0 Å². The third kappa shape index (κ3) is 6.18. The molecule has 0 heterocycles. The van der Waals surface area contributed by atoms with Gasteiger partial charge in [-0.3, -0.25) is 4.90 Å². The molecule has 0 fully saturated rings. The highest BCUT2D eigenvalue weighted by molar-refractivity contribution is 5.41. The Bertz CT molecular complexity index is 429. The van der Waals surface area contributed by atoms with Gasteiger partial charge >= 0.3 is 0 Å². The Morgan fingerprint density at radius 3 is 2.35 bits per heavy atom. The standard InChI is InChI=1S/C16H23NO3/c1-19-12-9-17(10-13-20-2)14-16-7-4-3-6-15(16)8-5-11-18/h3-4,6-7,18H,9-14H2,1-2H3.